The van der Waals surface area contributed by atoms with Crippen LogP contribution in [0.5, 0.6) is 11.5 Å². The first-order chi connectivity index (χ1) is 9.21. The molecule has 0 amide bonds. The molecule has 0 heterocycles. The third-order valence-electron chi connectivity index (χ3n) is 3.51. The first-order valence-corrected chi connectivity index (χ1v) is 7.27. The van der Waals surface area contributed by atoms with Crippen LogP contribution in [0, 0.1) is 5.92 Å². The number of methoxy groups -OCH3 is 1. The Morgan fingerprint density at radius 2 is 1.95 bits per heavy atom. The van der Waals surface area contributed by atoms with E-state index in [0.29, 0.717) is 11.4 Å². The zero-order chi connectivity index (χ0) is 14.1. The lowest BCUT2D eigenvalue weighted by atomic mass is 9.96. The average molecular weight is 265 g/mol. The van der Waals surface area contributed by atoms with Gasteiger partial charge in [-0.1, -0.05) is 39.5 Å². The van der Waals surface area contributed by atoms with Gasteiger partial charge in [-0.25, -0.2) is 0 Å². The molecule has 1 rings (SSSR count). The largest absolute Gasteiger partial charge is 0.493 e. The molecule has 3 nitrogen and oxygen atoms in total. The number of anilines is 1. The van der Waals surface area contributed by atoms with Crippen molar-refractivity contribution >= 4 is 5.69 Å². The van der Waals surface area contributed by atoms with Gasteiger partial charge in [0.2, 0.25) is 0 Å². The first kappa shape index (κ1) is 15.7. The molecule has 1 aromatic rings. The van der Waals surface area contributed by atoms with E-state index in [4.69, 9.17) is 15.2 Å². The van der Waals surface area contributed by atoms with E-state index in [1.807, 2.05) is 12.1 Å². The van der Waals surface area contributed by atoms with Crippen molar-refractivity contribution in [3.05, 3.63) is 18.2 Å². The molecule has 1 aromatic carbocycles. The fourth-order valence-electron chi connectivity index (χ4n) is 2.18. The third kappa shape index (κ3) is 5.41. The number of benzene rings is 1. The van der Waals surface area contributed by atoms with Gasteiger partial charge in [0.05, 0.1) is 13.7 Å². The van der Waals surface area contributed by atoms with Crippen molar-refractivity contribution in [1.82, 2.24) is 0 Å². The van der Waals surface area contributed by atoms with Crippen LogP contribution in [0.1, 0.15) is 46.0 Å². The molecular formula is C16H27NO2. The van der Waals surface area contributed by atoms with E-state index >= 15 is 0 Å². The molecule has 0 saturated carbocycles. The molecule has 0 aliphatic carbocycles. The van der Waals surface area contributed by atoms with Crippen LogP contribution in [0.15, 0.2) is 18.2 Å². The molecule has 1 unspecified atom stereocenters. The third-order valence-corrected chi connectivity index (χ3v) is 3.51. The van der Waals surface area contributed by atoms with Crippen molar-refractivity contribution in [3.8, 4) is 11.5 Å². The molecule has 108 valence electrons. The number of ether oxygens (including phenoxy) is 2. The lowest BCUT2D eigenvalue weighted by molar-refractivity contribution is 0.255. The second-order valence-electron chi connectivity index (χ2n) is 4.96. The van der Waals surface area contributed by atoms with Gasteiger partial charge in [-0.2, -0.15) is 0 Å². The van der Waals surface area contributed by atoms with E-state index in [-0.39, 0.29) is 0 Å². The van der Waals surface area contributed by atoms with Gasteiger partial charge in [0.25, 0.3) is 0 Å². The number of unbranched alkanes of at least 4 members (excludes halogenated alkanes) is 1. The molecular weight excluding hydrogens is 238 g/mol. The fourth-order valence-corrected chi connectivity index (χ4v) is 2.18. The summed E-state index contributed by atoms with van der Waals surface area (Å²) in [5, 5.41) is 0. The summed E-state index contributed by atoms with van der Waals surface area (Å²) in [4.78, 5) is 0. The molecule has 0 radical (unpaired) electrons. The van der Waals surface area contributed by atoms with Gasteiger partial charge in [0.1, 0.15) is 0 Å². The minimum Gasteiger partial charge on any atom is -0.493 e. The van der Waals surface area contributed by atoms with Crippen molar-refractivity contribution in [3.63, 3.8) is 0 Å². The Balaban J connectivity index is 2.43. The summed E-state index contributed by atoms with van der Waals surface area (Å²) >= 11 is 0. The van der Waals surface area contributed by atoms with Crippen LogP contribution in [0.3, 0.4) is 0 Å². The van der Waals surface area contributed by atoms with E-state index in [2.05, 4.69) is 13.8 Å². The van der Waals surface area contributed by atoms with E-state index in [1.165, 1.54) is 25.7 Å². The Hall–Kier alpha value is -1.38. The highest BCUT2D eigenvalue weighted by Crippen LogP contribution is 2.29. The molecule has 3 heteroatoms. The molecule has 0 spiro atoms. The Kier molecular flexibility index (Phi) is 7.16. The molecule has 2 N–H and O–H groups in total. The fraction of sp³-hybridized carbons (Fsp3) is 0.625. The van der Waals surface area contributed by atoms with Crippen molar-refractivity contribution in [2.45, 2.75) is 46.0 Å². The average Bonchev–Trinajstić information content (AvgIpc) is 2.43. The second-order valence-corrected chi connectivity index (χ2v) is 4.96. The van der Waals surface area contributed by atoms with E-state index in [0.717, 1.165) is 24.7 Å². The molecule has 0 aliphatic rings. The van der Waals surface area contributed by atoms with Gasteiger partial charge >= 0.3 is 0 Å². The molecule has 0 aliphatic heterocycles. The lowest BCUT2D eigenvalue weighted by Crippen LogP contribution is -2.07. The number of hydrogen-bond donors (Lipinski definition) is 1. The summed E-state index contributed by atoms with van der Waals surface area (Å²) in [5.74, 6) is 2.25. The first-order valence-electron chi connectivity index (χ1n) is 7.27. The smallest absolute Gasteiger partial charge is 0.162 e. The maximum atomic E-state index is 5.81. The Bertz CT molecular complexity index is 366. The van der Waals surface area contributed by atoms with Gasteiger partial charge in [-0.3, -0.25) is 0 Å². The van der Waals surface area contributed by atoms with Crippen LogP contribution in [0.4, 0.5) is 5.69 Å². The normalized spacial score (nSPS) is 12.2. The molecule has 0 fully saturated rings. The summed E-state index contributed by atoms with van der Waals surface area (Å²) in [7, 11) is 1.64. The maximum absolute atomic E-state index is 5.81. The van der Waals surface area contributed by atoms with Crippen LogP contribution in [0.2, 0.25) is 0 Å². The molecule has 19 heavy (non-hydrogen) atoms. The standard InChI is InChI=1S/C16H27NO2/c1-4-6-7-13(5-2)10-11-19-15-9-8-14(17)12-16(15)18-3/h8-9,12-13H,4-7,10-11,17H2,1-3H3. The highest BCUT2D eigenvalue weighted by molar-refractivity contribution is 5.51. The SMILES string of the molecule is CCCCC(CC)CCOc1ccc(N)cc1OC. The van der Waals surface area contributed by atoms with Crippen LogP contribution in [0.25, 0.3) is 0 Å². The van der Waals surface area contributed by atoms with E-state index in [1.54, 1.807) is 13.2 Å². The highest BCUT2D eigenvalue weighted by atomic mass is 16.5. The van der Waals surface area contributed by atoms with Crippen LogP contribution in [-0.2, 0) is 0 Å². The van der Waals surface area contributed by atoms with Gasteiger partial charge in [0.15, 0.2) is 11.5 Å². The van der Waals surface area contributed by atoms with Crippen LogP contribution >= 0.6 is 0 Å². The summed E-state index contributed by atoms with van der Waals surface area (Å²) in [6, 6.07) is 5.51. The Morgan fingerprint density at radius 3 is 2.58 bits per heavy atom. The van der Waals surface area contributed by atoms with E-state index < -0.39 is 0 Å². The van der Waals surface area contributed by atoms with Crippen molar-refractivity contribution in [1.29, 1.82) is 0 Å². The maximum Gasteiger partial charge on any atom is 0.162 e. The van der Waals surface area contributed by atoms with Crippen molar-refractivity contribution in [2.24, 2.45) is 5.92 Å². The minimum atomic E-state index is 0.693. The molecule has 0 aromatic heterocycles. The monoisotopic (exact) mass is 265 g/mol. The summed E-state index contributed by atoms with van der Waals surface area (Å²) in [6.45, 7) is 5.23. The number of nitrogens with two attached hydrogens (primary N) is 1. The lowest BCUT2D eigenvalue weighted by Gasteiger charge is -2.16. The van der Waals surface area contributed by atoms with Crippen LogP contribution < -0.4 is 15.2 Å². The number of rotatable bonds is 9. The zero-order valence-electron chi connectivity index (χ0n) is 12.4. The van der Waals surface area contributed by atoms with Crippen LogP contribution in [-0.4, -0.2) is 13.7 Å². The van der Waals surface area contributed by atoms with Gasteiger partial charge in [-0.15, -0.1) is 0 Å². The predicted octanol–water partition coefficient (Wildman–Crippen LogP) is 4.26. The van der Waals surface area contributed by atoms with Gasteiger partial charge < -0.3 is 15.2 Å². The highest BCUT2D eigenvalue weighted by Gasteiger charge is 2.08. The molecule has 0 saturated heterocycles. The topological polar surface area (TPSA) is 44.5 Å². The Morgan fingerprint density at radius 1 is 1.16 bits per heavy atom. The summed E-state index contributed by atoms with van der Waals surface area (Å²) < 4.78 is 11.1. The molecule has 0 bridgehead atoms. The summed E-state index contributed by atoms with van der Waals surface area (Å²) in [5.41, 5.74) is 6.41. The zero-order valence-corrected chi connectivity index (χ0v) is 12.4. The summed E-state index contributed by atoms with van der Waals surface area (Å²) in [6.07, 6.45) is 6.20. The second kappa shape index (κ2) is 8.68. The molecule has 1 atom stereocenters. The van der Waals surface area contributed by atoms with Crippen molar-refractivity contribution < 1.29 is 9.47 Å². The number of hydrogen-bond acceptors (Lipinski definition) is 3. The quantitative estimate of drug-likeness (QED) is 0.678. The predicted molar refractivity (Wildman–Crippen MR) is 80.8 cm³/mol. The van der Waals surface area contributed by atoms with Gasteiger partial charge in [-0.05, 0) is 24.5 Å². The van der Waals surface area contributed by atoms with Crippen molar-refractivity contribution in [2.75, 3.05) is 19.5 Å². The Labute approximate surface area is 117 Å². The number of nitrogen functional groups attached to an aromatic ring is 1. The minimum absolute atomic E-state index is 0.693. The van der Waals surface area contributed by atoms with Gasteiger partial charge in [0, 0.05) is 11.8 Å². The van der Waals surface area contributed by atoms with E-state index in [9.17, 15) is 0 Å².